The van der Waals surface area contributed by atoms with Gasteiger partial charge in [-0.2, -0.15) is 11.8 Å². The molecule has 0 saturated heterocycles. The summed E-state index contributed by atoms with van der Waals surface area (Å²) in [6, 6.07) is 0. The number of rotatable bonds is 7. The summed E-state index contributed by atoms with van der Waals surface area (Å²) in [6.45, 7) is 0. The highest BCUT2D eigenvalue weighted by atomic mass is 35.5. The highest BCUT2D eigenvalue weighted by Crippen LogP contribution is 2.12. The first-order chi connectivity index (χ1) is 5.27. The molecule has 0 aromatic rings. The summed E-state index contributed by atoms with van der Waals surface area (Å²) in [5, 5.41) is 9.12. The lowest BCUT2D eigenvalue weighted by Crippen LogP contribution is -1.97. The molecule has 0 spiro atoms. The molecule has 0 radical (unpaired) electrons. The highest BCUT2D eigenvalue weighted by Gasteiger charge is 1.95. The van der Waals surface area contributed by atoms with Crippen molar-refractivity contribution in [2.75, 3.05) is 22.5 Å². The standard InChI is InChI=1S/C6H11ClO2S2/c7-2-1-3-10-5-11-4-6(8)9/h1-5H2,(H,8,9). The Morgan fingerprint density at radius 1 is 1.45 bits per heavy atom. The number of halogens is 1. The zero-order valence-corrected chi connectivity index (χ0v) is 8.47. The van der Waals surface area contributed by atoms with E-state index in [0.717, 1.165) is 17.3 Å². The monoisotopic (exact) mass is 214 g/mol. The van der Waals surface area contributed by atoms with E-state index >= 15 is 0 Å². The molecule has 0 aliphatic rings. The van der Waals surface area contributed by atoms with E-state index in [-0.39, 0.29) is 5.75 Å². The Bertz CT molecular complexity index is 111. The predicted octanol–water partition coefficient (Wildman–Crippen LogP) is 2.12. The molecule has 0 aliphatic carbocycles. The Kier molecular flexibility index (Phi) is 8.91. The van der Waals surface area contributed by atoms with Crippen LogP contribution in [0.5, 0.6) is 0 Å². The average molecular weight is 215 g/mol. The molecule has 1 N–H and O–H groups in total. The quantitative estimate of drug-likeness (QED) is 0.400. The Labute approximate surface area is 80.1 Å². The normalized spacial score (nSPS) is 9.91. The molecule has 0 saturated carbocycles. The van der Waals surface area contributed by atoms with Gasteiger partial charge in [0.05, 0.1) is 5.75 Å². The molecule has 66 valence electrons. The summed E-state index contributed by atoms with van der Waals surface area (Å²) in [4.78, 5) is 10.0. The summed E-state index contributed by atoms with van der Waals surface area (Å²) in [7, 11) is 0. The van der Waals surface area contributed by atoms with Crippen molar-refractivity contribution in [3.8, 4) is 0 Å². The summed E-state index contributed by atoms with van der Waals surface area (Å²) in [5.41, 5.74) is 0. The molecule has 0 rings (SSSR count). The average Bonchev–Trinajstić information content (AvgIpc) is 1.96. The Hall–Kier alpha value is 0.460. The number of aliphatic carboxylic acids is 1. The number of carboxylic acid groups (broad SMARTS) is 1. The topological polar surface area (TPSA) is 37.3 Å². The van der Waals surface area contributed by atoms with Gasteiger partial charge in [0.2, 0.25) is 0 Å². The number of hydrogen-bond donors (Lipinski definition) is 1. The fourth-order valence-corrected chi connectivity index (χ4v) is 2.49. The minimum absolute atomic E-state index is 0.202. The van der Waals surface area contributed by atoms with Crippen LogP contribution in [0.1, 0.15) is 6.42 Å². The van der Waals surface area contributed by atoms with Crippen LogP contribution < -0.4 is 0 Å². The zero-order valence-electron chi connectivity index (χ0n) is 6.09. The molecule has 0 bridgehead atoms. The SMILES string of the molecule is O=C(O)CSCSCCCCl. The summed E-state index contributed by atoms with van der Waals surface area (Å²) >= 11 is 8.62. The molecule has 0 fully saturated rings. The molecule has 0 unspecified atom stereocenters. The summed E-state index contributed by atoms with van der Waals surface area (Å²) < 4.78 is 0. The fraction of sp³-hybridized carbons (Fsp3) is 0.833. The molecule has 2 nitrogen and oxygen atoms in total. The van der Waals surface area contributed by atoms with Crippen molar-refractivity contribution in [1.29, 1.82) is 0 Å². The van der Waals surface area contributed by atoms with Crippen molar-refractivity contribution < 1.29 is 9.90 Å². The first kappa shape index (κ1) is 11.5. The van der Waals surface area contributed by atoms with Crippen molar-refractivity contribution in [2.24, 2.45) is 0 Å². The van der Waals surface area contributed by atoms with Gasteiger partial charge in [-0.3, -0.25) is 4.79 Å². The second kappa shape index (κ2) is 8.56. The van der Waals surface area contributed by atoms with Gasteiger partial charge in [0.15, 0.2) is 0 Å². The van der Waals surface area contributed by atoms with Crippen molar-refractivity contribution in [1.82, 2.24) is 0 Å². The molecule has 0 aromatic heterocycles. The van der Waals surface area contributed by atoms with Crippen LogP contribution in [0.3, 0.4) is 0 Å². The van der Waals surface area contributed by atoms with Crippen LogP contribution in [0.2, 0.25) is 0 Å². The fourth-order valence-electron chi connectivity index (χ4n) is 0.403. The van der Waals surface area contributed by atoms with Crippen molar-refractivity contribution in [3.05, 3.63) is 0 Å². The Morgan fingerprint density at radius 2 is 2.18 bits per heavy atom. The number of carboxylic acids is 1. The highest BCUT2D eigenvalue weighted by molar-refractivity contribution is 8.16. The second-order valence-corrected chi connectivity index (χ2v) is 4.65. The first-order valence-electron chi connectivity index (χ1n) is 3.20. The molecule has 11 heavy (non-hydrogen) atoms. The minimum Gasteiger partial charge on any atom is -0.481 e. The molecule has 0 heterocycles. The van der Waals surface area contributed by atoms with E-state index in [9.17, 15) is 4.79 Å². The van der Waals surface area contributed by atoms with Crippen LogP contribution in [0.15, 0.2) is 0 Å². The van der Waals surface area contributed by atoms with Gasteiger partial charge in [-0.05, 0) is 12.2 Å². The van der Waals surface area contributed by atoms with E-state index < -0.39 is 5.97 Å². The zero-order chi connectivity index (χ0) is 8.53. The number of thioether (sulfide) groups is 2. The van der Waals surface area contributed by atoms with Gasteiger partial charge in [0, 0.05) is 11.0 Å². The maximum Gasteiger partial charge on any atom is 0.313 e. The third kappa shape index (κ3) is 10.5. The van der Waals surface area contributed by atoms with Gasteiger partial charge in [-0.15, -0.1) is 23.4 Å². The lowest BCUT2D eigenvalue weighted by atomic mass is 10.6. The van der Waals surface area contributed by atoms with Crippen LogP contribution in [-0.4, -0.2) is 33.5 Å². The smallest absolute Gasteiger partial charge is 0.313 e. The lowest BCUT2D eigenvalue weighted by molar-refractivity contribution is -0.133. The number of hydrogen-bond acceptors (Lipinski definition) is 3. The van der Waals surface area contributed by atoms with Crippen LogP contribution in [0.25, 0.3) is 0 Å². The molecular weight excluding hydrogens is 204 g/mol. The maximum atomic E-state index is 10.0. The van der Waals surface area contributed by atoms with Crippen molar-refractivity contribution in [3.63, 3.8) is 0 Å². The van der Waals surface area contributed by atoms with Gasteiger partial charge >= 0.3 is 5.97 Å². The molecule has 0 atom stereocenters. The van der Waals surface area contributed by atoms with Crippen LogP contribution in [-0.2, 0) is 4.79 Å². The van der Waals surface area contributed by atoms with E-state index in [1.54, 1.807) is 11.8 Å². The first-order valence-corrected chi connectivity index (χ1v) is 6.05. The largest absolute Gasteiger partial charge is 0.481 e. The third-order valence-corrected chi connectivity index (χ3v) is 3.44. The van der Waals surface area contributed by atoms with E-state index in [1.165, 1.54) is 11.8 Å². The lowest BCUT2D eigenvalue weighted by Gasteiger charge is -1.96. The molecular formula is C6H11ClO2S2. The summed E-state index contributed by atoms with van der Waals surface area (Å²) in [6.07, 6.45) is 1.000. The van der Waals surface area contributed by atoms with Gasteiger partial charge in [0.1, 0.15) is 0 Å². The number of alkyl halides is 1. The number of carbonyl (C=O) groups is 1. The van der Waals surface area contributed by atoms with E-state index in [2.05, 4.69) is 0 Å². The van der Waals surface area contributed by atoms with E-state index in [1.807, 2.05) is 0 Å². The van der Waals surface area contributed by atoms with Crippen LogP contribution in [0, 0.1) is 0 Å². The van der Waals surface area contributed by atoms with Gasteiger partial charge in [-0.25, -0.2) is 0 Å². The van der Waals surface area contributed by atoms with Crippen LogP contribution in [0.4, 0.5) is 0 Å². The maximum absolute atomic E-state index is 10.0. The van der Waals surface area contributed by atoms with Crippen LogP contribution >= 0.6 is 35.1 Å². The predicted molar refractivity (Wildman–Crippen MR) is 52.8 cm³/mol. The second-order valence-electron chi connectivity index (χ2n) is 1.81. The van der Waals surface area contributed by atoms with Crippen molar-refractivity contribution in [2.45, 2.75) is 6.42 Å². The summed E-state index contributed by atoms with van der Waals surface area (Å²) in [5.74, 6) is 1.17. The van der Waals surface area contributed by atoms with E-state index in [4.69, 9.17) is 16.7 Å². The molecule has 5 heteroatoms. The Balaban J connectivity index is 2.85. The molecule has 0 amide bonds. The Morgan fingerprint density at radius 3 is 2.73 bits per heavy atom. The van der Waals surface area contributed by atoms with Gasteiger partial charge < -0.3 is 5.11 Å². The third-order valence-electron chi connectivity index (χ3n) is 0.815. The van der Waals surface area contributed by atoms with E-state index in [0.29, 0.717) is 5.88 Å². The van der Waals surface area contributed by atoms with Crippen molar-refractivity contribution >= 4 is 41.1 Å². The minimum atomic E-state index is -0.743. The molecule has 0 aliphatic heterocycles. The van der Waals surface area contributed by atoms with Gasteiger partial charge in [0.25, 0.3) is 0 Å². The molecule has 0 aromatic carbocycles. The van der Waals surface area contributed by atoms with Gasteiger partial charge in [-0.1, -0.05) is 0 Å².